The number of nitrogens with zero attached hydrogens (tertiary/aromatic N) is 4. The molecule has 2 aromatic carbocycles. The third-order valence-corrected chi connectivity index (χ3v) is 5.73. The van der Waals surface area contributed by atoms with E-state index in [-0.39, 0.29) is 11.9 Å². The van der Waals surface area contributed by atoms with Crippen LogP contribution in [0.1, 0.15) is 24.7 Å². The zero-order valence-corrected chi connectivity index (χ0v) is 17.3. The van der Waals surface area contributed by atoms with Crippen molar-refractivity contribution in [1.82, 2.24) is 25.1 Å². The highest BCUT2D eigenvalue weighted by atomic mass is 16.2. The summed E-state index contributed by atoms with van der Waals surface area (Å²) in [6.45, 7) is 3.08. The number of imidazole rings is 1. The lowest BCUT2D eigenvalue weighted by atomic mass is 10.1. The lowest BCUT2D eigenvalue weighted by Gasteiger charge is -2.38. The molecule has 1 fully saturated rings. The van der Waals surface area contributed by atoms with E-state index < -0.39 is 12.2 Å². The van der Waals surface area contributed by atoms with Gasteiger partial charge in [0.15, 0.2) is 12.2 Å². The second-order valence-corrected chi connectivity index (χ2v) is 7.88. The molecule has 0 spiro atoms. The molecule has 8 heteroatoms. The predicted octanol–water partition coefficient (Wildman–Crippen LogP) is 2.68. The van der Waals surface area contributed by atoms with E-state index in [2.05, 4.69) is 15.3 Å². The van der Waals surface area contributed by atoms with Crippen LogP contribution in [0.2, 0.25) is 0 Å². The molecule has 2 aliphatic heterocycles. The quantitative estimate of drug-likeness (QED) is 0.646. The molecule has 2 N–H and O–H groups in total. The number of para-hydroxylation sites is 2. The number of hydrogen-bond donors (Lipinski definition) is 2. The van der Waals surface area contributed by atoms with Crippen LogP contribution in [-0.2, 0) is 17.8 Å². The number of benzene rings is 2. The van der Waals surface area contributed by atoms with Gasteiger partial charge in [0.25, 0.3) is 5.91 Å². The average Bonchev–Trinajstić information content (AvgIpc) is 3.33. The van der Waals surface area contributed by atoms with Crippen LogP contribution in [0.4, 0.5) is 4.79 Å². The number of imide groups is 1. The summed E-state index contributed by atoms with van der Waals surface area (Å²) in [5.41, 5.74) is 2.93. The summed E-state index contributed by atoms with van der Waals surface area (Å²) in [4.78, 5) is 41.9. The average molecular weight is 416 g/mol. The van der Waals surface area contributed by atoms with E-state index in [9.17, 15) is 9.59 Å². The van der Waals surface area contributed by atoms with Crippen molar-refractivity contribution >= 4 is 28.8 Å². The summed E-state index contributed by atoms with van der Waals surface area (Å²) in [6, 6.07) is 16.9. The van der Waals surface area contributed by atoms with Crippen LogP contribution in [0.15, 0.2) is 59.6 Å². The zero-order valence-electron chi connectivity index (χ0n) is 17.3. The fourth-order valence-electron chi connectivity index (χ4n) is 4.34. The summed E-state index contributed by atoms with van der Waals surface area (Å²) in [6.07, 6.45) is 0.720. The van der Waals surface area contributed by atoms with E-state index in [0.717, 1.165) is 34.7 Å². The van der Waals surface area contributed by atoms with Gasteiger partial charge in [-0.3, -0.25) is 15.0 Å². The van der Waals surface area contributed by atoms with Crippen LogP contribution < -0.4 is 5.32 Å². The Kier molecular flexibility index (Phi) is 4.89. The van der Waals surface area contributed by atoms with Crippen LogP contribution in [0.25, 0.3) is 11.0 Å². The summed E-state index contributed by atoms with van der Waals surface area (Å²) < 4.78 is 0. The lowest BCUT2D eigenvalue weighted by molar-refractivity contribution is -0.127. The highest BCUT2D eigenvalue weighted by Crippen LogP contribution is 2.28. The molecule has 0 bridgehead atoms. The van der Waals surface area contributed by atoms with E-state index in [1.807, 2.05) is 66.4 Å². The summed E-state index contributed by atoms with van der Waals surface area (Å²) in [5.74, 6) is 1.23. The normalized spacial score (nSPS) is 20.7. The van der Waals surface area contributed by atoms with Gasteiger partial charge in [0.1, 0.15) is 11.7 Å². The number of carbonyl (C=O) groups is 2. The molecule has 3 aromatic rings. The first kappa shape index (κ1) is 19.3. The lowest BCUT2D eigenvalue weighted by Crippen LogP contribution is -2.64. The number of aliphatic imine (C=N–C) groups is 1. The summed E-state index contributed by atoms with van der Waals surface area (Å²) in [7, 11) is 0. The van der Waals surface area contributed by atoms with E-state index in [1.54, 1.807) is 4.90 Å². The Balaban J connectivity index is 1.51. The van der Waals surface area contributed by atoms with Crippen LogP contribution in [0.5, 0.6) is 0 Å². The molecule has 31 heavy (non-hydrogen) atoms. The molecule has 158 valence electrons. The Labute approximate surface area is 180 Å². The third kappa shape index (κ3) is 3.54. The second kappa shape index (κ2) is 7.86. The van der Waals surface area contributed by atoms with Gasteiger partial charge in [-0.2, -0.15) is 0 Å². The number of rotatable bonds is 6. The van der Waals surface area contributed by atoms with Crippen molar-refractivity contribution in [2.24, 2.45) is 4.99 Å². The van der Waals surface area contributed by atoms with Crippen LogP contribution in [0.3, 0.4) is 0 Å². The molecule has 3 amide bonds. The molecule has 1 aromatic heterocycles. The molecule has 2 unspecified atom stereocenters. The predicted molar refractivity (Wildman–Crippen MR) is 117 cm³/mol. The van der Waals surface area contributed by atoms with Crippen molar-refractivity contribution < 1.29 is 9.59 Å². The number of aromatic amines is 1. The van der Waals surface area contributed by atoms with E-state index in [1.165, 1.54) is 0 Å². The van der Waals surface area contributed by atoms with E-state index in [4.69, 9.17) is 4.99 Å². The number of amides is 3. The van der Waals surface area contributed by atoms with E-state index in [0.29, 0.717) is 19.5 Å². The third-order valence-electron chi connectivity index (χ3n) is 5.73. The zero-order chi connectivity index (χ0) is 21.4. The second-order valence-electron chi connectivity index (χ2n) is 7.88. The van der Waals surface area contributed by atoms with Crippen molar-refractivity contribution in [3.63, 3.8) is 0 Å². The number of nitrogens with one attached hydrogen (secondary N) is 2. The van der Waals surface area contributed by atoms with Gasteiger partial charge in [0.2, 0.25) is 0 Å². The number of amidine groups is 1. The SMILES string of the molecule is CCCN1C(=O)NC(=O)C2C1N=C(Cc1nc3ccccc3[nH]1)N2Cc1ccccc1. The molecule has 8 nitrogen and oxygen atoms in total. The summed E-state index contributed by atoms with van der Waals surface area (Å²) >= 11 is 0. The number of fused-ring (bicyclic) bond motifs is 2. The van der Waals surface area contributed by atoms with Crippen LogP contribution in [0, 0.1) is 0 Å². The minimum atomic E-state index is -0.552. The molecule has 1 saturated heterocycles. The number of urea groups is 1. The Bertz CT molecular complexity index is 1120. The number of H-pyrrole nitrogens is 1. The van der Waals surface area contributed by atoms with Gasteiger partial charge in [0, 0.05) is 13.1 Å². The molecule has 0 saturated carbocycles. The first-order valence-corrected chi connectivity index (χ1v) is 10.6. The maximum absolute atomic E-state index is 12.9. The maximum Gasteiger partial charge on any atom is 0.325 e. The van der Waals surface area contributed by atoms with Gasteiger partial charge in [0.05, 0.1) is 17.5 Å². The number of aromatic nitrogens is 2. The molecular weight excluding hydrogens is 392 g/mol. The van der Waals surface area contributed by atoms with Gasteiger partial charge < -0.3 is 9.88 Å². The molecule has 2 aliphatic rings. The molecular formula is C23H24N6O2. The molecule has 0 radical (unpaired) electrons. The Morgan fingerprint density at radius 3 is 2.55 bits per heavy atom. The fourth-order valence-corrected chi connectivity index (χ4v) is 4.34. The van der Waals surface area contributed by atoms with Gasteiger partial charge in [-0.05, 0) is 24.1 Å². The Hall–Kier alpha value is -3.68. The van der Waals surface area contributed by atoms with Crippen molar-refractivity contribution in [3.8, 4) is 0 Å². The topological polar surface area (TPSA) is 93.7 Å². The van der Waals surface area contributed by atoms with Crippen LogP contribution >= 0.6 is 0 Å². The van der Waals surface area contributed by atoms with Gasteiger partial charge >= 0.3 is 6.03 Å². The van der Waals surface area contributed by atoms with Crippen LogP contribution in [-0.4, -0.2) is 56.3 Å². The van der Waals surface area contributed by atoms with E-state index >= 15 is 0 Å². The first-order valence-electron chi connectivity index (χ1n) is 10.6. The minimum absolute atomic E-state index is 0.304. The van der Waals surface area contributed by atoms with Gasteiger partial charge in [-0.15, -0.1) is 0 Å². The highest BCUT2D eigenvalue weighted by Gasteiger charge is 2.49. The molecule has 5 rings (SSSR count). The highest BCUT2D eigenvalue weighted by molar-refractivity contribution is 6.04. The Morgan fingerprint density at radius 2 is 1.77 bits per heavy atom. The van der Waals surface area contributed by atoms with Crippen molar-refractivity contribution in [1.29, 1.82) is 0 Å². The molecule has 2 atom stereocenters. The number of hydrogen-bond acceptors (Lipinski definition) is 5. The van der Waals surface area contributed by atoms with Gasteiger partial charge in [-0.25, -0.2) is 14.8 Å². The number of carbonyl (C=O) groups excluding carboxylic acids is 2. The standard InChI is InChI=1S/C23H24N6O2/c1-2-12-28-21-20(22(30)27-23(28)31)29(14-15-8-4-3-5-9-15)19(26-21)13-18-24-16-10-6-7-11-17(16)25-18/h3-11,20-21H,2,12-14H2,1H3,(H,24,25)(H,27,30,31). The largest absolute Gasteiger partial charge is 0.342 e. The first-order chi connectivity index (χ1) is 15.1. The van der Waals surface area contributed by atoms with Crippen molar-refractivity contribution in [2.45, 2.75) is 38.5 Å². The van der Waals surface area contributed by atoms with Crippen molar-refractivity contribution in [2.75, 3.05) is 6.54 Å². The maximum atomic E-state index is 12.9. The van der Waals surface area contributed by atoms with Crippen molar-refractivity contribution in [3.05, 3.63) is 66.0 Å². The fraction of sp³-hybridized carbons (Fsp3) is 0.304. The Morgan fingerprint density at radius 1 is 1.00 bits per heavy atom. The van der Waals surface area contributed by atoms with Gasteiger partial charge in [-0.1, -0.05) is 49.4 Å². The minimum Gasteiger partial charge on any atom is -0.342 e. The smallest absolute Gasteiger partial charge is 0.325 e. The monoisotopic (exact) mass is 416 g/mol. The molecule has 3 heterocycles. The molecule has 0 aliphatic carbocycles. The summed E-state index contributed by atoms with van der Waals surface area (Å²) in [5, 5.41) is 2.52.